The van der Waals surface area contributed by atoms with Crippen molar-refractivity contribution in [3.63, 3.8) is 0 Å². The second kappa shape index (κ2) is 10.6. The third-order valence-electron chi connectivity index (χ3n) is 5.73. The average Bonchev–Trinajstić information content (AvgIpc) is 3.27. The molecule has 9 heteroatoms. The van der Waals surface area contributed by atoms with E-state index in [9.17, 15) is 18.0 Å². The molecule has 3 aromatic rings. The molecule has 0 unspecified atom stereocenters. The van der Waals surface area contributed by atoms with E-state index < -0.39 is 10.0 Å². The summed E-state index contributed by atoms with van der Waals surface area (Å²) in [5.41, 5.74) is 2.37. The number of aryl methyl sites for hydroxylation is 2. The van der Waals surface area contributed by atoms with Crippen molar-refractivity contribution in [2.45, 2.75) is 50.5 Å². The molecule has 0 saturated heterocycles. The molecule has 2 aromatic carbocycles. The number of hydrogen-bond acceptors (Lipinski definition) is 6. The molecule has 0 bridgehead atoms. The number of carbonyl (C=O) groups is 2. The van der Waals surface area contributed by atoms with Gasteiger partial charge in [-0.1, -0.05) is 42.5 Å². The minimum absolute atomic E-state index is 0.00129. The fourth-order valence-corrected chi connectivity index (χ4v) is 6.12. The molecule has 7 nitrogen and oxygen atoms in total. The monoisotopic (exact) mass is 497 g/mol. The van der Waals surface area contributed by atoms with Gasteiger partial charge in [-0.2, -0.15) is 0 Å². The first-order chi connectivity index (χ1) is 16.3. The summed E-state index contributed by atoms with van der Waals surface area (Å²) in [6.45, 7) is 1.71. The van der Waals surface area contributed by atoms with Gasteiger partial charge in [0.2, 0.25) is 15.9 Å². The lowest BCUT2D eigenvalue weighted by molar-refractivity contribution is -0.118. The number of Topliss-reactive ketones (excluding diaryl/α,β-unsaturated/α-hetero) is 1. The first-order valence-electron chi connectivity index (χ1n) is 11.3. The van der Waals surface area contributed by atoms with E-state index in [1.807, 2.05) is 30.3 Å². The molecule has 1 aliphatic rings. The molecular weight excluding hydrogens is 470 g/mol. The van der Waals surface area contributed by atoms with Crippen LogP contribution in [0.2, 0.25) is 0 Å². The largest absolute Gasteiger partial charge is 0.295 e. The summed E-state index contributed by atoms with van der Waals surface area (Å²) in [6.07, 6.45) is 4.14. The molecule has 0 aliphatic heterocycles. The molecule has 1 amide bonds. The van der Waals surface area contributed by atoms with Crippen LogP contribution in [-0.2, 0) is 34.2 Å². The number of nitrogens with one attached hydrogen (secondary N) is 1. The van der Waals surface area contributed by atoms with Crippen LogP contribution in [0.5, 0.6) is 0 Å². The number of hydrogen-bond donors (Lipinski definition) is 1. The second-order valence-electron chi connectivity index (χ2n) is 8.27. The first-order valence-corrected chi connectivity index (χ1v) is 13.6. The highest BCUT2D eigenvalue weighted by Gasteiger charge is 2.24. The number of ketones is 1. The van der Waals surface area contributed by atoms with E-state index >= 15 is 0 Å². The second-order valence-corrected chi connectivity index (χ2v) is 11.1. The minimum atomic E-state index is -3.85. The SMILES string of the molecule is CC(=O)c1cccc(S(=O)(=O)NCCC(=O)N(Cc2ccccc2)c2nc3c(s2)CCCC3)c1. The molecule has 0 radical (unpaired) electrons. The number of fused-ring (bicyclic) bond motifs is 1. The number of amides is 1. The summed E-state index contributed by atoms with van der Waals surface area (Å²) in [7, 11) is -3.85. The van der Waals surface area contributed by atoms with Crippen LogP contribution in [0.25, 0.3) is 0 Å². The van der Waals surface area contributed by atoms with Crippen molar-refractivity contribution in [2.75, 3.05) is 11.4 Å². The topological polar surface area (TPSA) is 96.4 Å². The fourth-order valence-electron chi connectivity index (χ4n) is 3.88. The smallest absolute Gasteiger partial charge is 0.240 e. The molecule has 0 saturated carbocycles. The standard InChI is InChI=1S/C25H27N3O4S2/c1-18(29)20-10-7-11-21(16-20)34(31,32)26-15-14-24(30)28(17-19-8-3-2-4-9-19)25-27-22-12-5-6-13-23(22)33-25/h2-4,7-11,16,26H,5-6,12-15,17H2,1H3. The van der Waals surface area contributed by atoms with Crippen LogP contribution in [0.4, 0.5) is 5.13 Å². The maximum absolute atomic E-state index is 13.2. The van der Waals surface area contributed by atoms with E-state index in [4.69, 9.17) is 4.98 Å². The number of anilines is 1. The van der Waals surface area contributed by atoms with Gasteiger partial charge in [0.15, 0.2) is 10.9 Å². The van der Waals surface area contributed by atoms with Gasteiger partial charge in [-0.05, 0) is 50.3 Å². The Morgan fingerprint density at radius 3 is 2.56 bits per heavy atom. The zero-order chi connectivity index (χ0) is 24.1. The average molecular weight is 498 g/mol. The van der Waals surface area contributed by atoms with Crippen molar-refractivity contribution in [1.29, 1.82) is 0 Å². The highest BCUT2D eigenvalue weighted by atomic mass is 32.2. The molecule has 1 heterocycles. The number of aromatic nitrogens is 1. The zero-order valence-electron chi connectivity index (χ0n) is 19.0. The lowest BCUT2D eigenvalue weighted by Gasteiger charge is -2.20. The van der Waals surface area contributed by atoms with Gasteiger partial charge in [0.05, 0.1) is 17.1 Å². The zero-order valence-corrected chi connectivity index (χ0v) is 20.6. The van der Waals surface area contributed by atoms with E-state index in [0.29, 0.717) is 17.2 Å². The van der Waals surface area contributed by atoms with Crippen molar-refractivity contribution in [3.8, 4) is 0 Å². The molecule has 1 aromatic heterocycles. The van der Waals surface area contributed by atoms with E-state index in [1.165, 1.54) is 30.0 Å². The predicted octanol–water partition coefficient (Wildman–Crippen LogP) is 4.13. The number of rotatable bonds is 9. The summed E-state index contributed by atoms with van der Waals surface area (Å²) < 4.78 is 27.9. The van der Waals surface area contributed by atoms with Gasteiger partial charge in [0, 0.05) is 23.4 Å². The summed E-state index contributed by atoms with van der Waals surface area (Å²) in [4.78, 5) is 32.5. The predicted molar refractivity (Wildman–Crippen MR) is 133 cm³/mol. The maximum Gasteiger partial charge on any atom is 0.240 e. The summed E-state index contributed by atoms with van der Waals surface area (Å²) in [6, 6.07) is 15.6. The van der Waals surface area contributed by atoms with E-state index in [-0.39, 0.29) is 29.6 Å². The Balaban J connectivity index is 1.48. The number of carbonyl (C=O) groups excluding carboxylic acids is 2. The highest BCUT2D eigenvalue weighted by molar-refractivity contribution is 7.89. The highest BCUT2D eigenvalue weighted by Crippen LogP contribution is 2.32. The third kappa shape index (κ3) is 5.78. The van der Waals surface area contributed by atoms with Gasteiger partial charge in [-0.25, -0.2) is 18.1 Å². The Morgan fingerprint density at radius 2 is 1.82 bits per heavy atom. The number of nitrogens with zero attached hydrogens (tertiary/aromatic N) is 2. The summed E-state index contributed by atoms with van der Waals surface area (Å²) in [5, 5.41) is 0.665. The number of benzene rings is 2. The van der Waals surface area contributed by atoms with E-state index in [0.717, 1.165) is 36.9 Å². The molecule has 1 aliphatic carbocycles. The van der Waals surface area contributed by atoms with Gasteiger partial charge in [-0.3, -0.25) is 14.5 Å². The van der Waals surface area contributed by atoms with Crippen molar-refractivity contribution >= 4 is 38.2 Å². The van der Waals surface area contributed by atoms with Crippen molar-refractivity contribution in [1.82, 2.24) is 9.71 Å². The first kappa shape index (κ1) is 24.3. The minimum Gasteiger partial charge on any atom is -0.295 e. The quantitative estimate of drug-likeness (QED) is 0.449. The summed E-state index contributed by atoms with van der Waals surface area (Å²) >= 11 is 1.55. The Morgan fingerprint density at radius 1 is 1.06 bits per heavy atom. The molecule has 34 heavy (non-hydrogen) atoms. The Labute approximate surface area is 203 Å². The molecule has 0 atom stereocenters. The fraction of sp³-hybridized carbons (Fsp3) is 0.320. The molecule has 178 valence electrons. The lowest BCUT2D eigenvalue weighted by atomic mass is 10.0. The normalized spacial score (nSPS) is 13.3. The molecule has 1 N–H and O–H groups in total. The molecule has 4 rings (SSSR count). The van der Waals surface area contributed by atoms with Crippen molar-refractivity contribution in [2.24, 2.45) is 0 Å². The van der Waals surface area contributed by atoms with Gasteiger partial charge in [0.25, 0.3) is 0 Å². The van der Waals surface area contributed by atoms with Crippen molar-refractivity contribution < 1.29 is 18.0 Å². The lowest BCUT2D eigenvalue weighted by Crippen LogP contribution is -2.34. The Hall–Kier alpha value is -2.88. The molecular formula is C25H27N3O4S2. The van der Waals surface area contributed by atoms with Crippen LogP contribution in [0.1, 0.15) is 52.7 Å². The van der Waals surface area contributed by atoms with Gasteiger partial charge in [-0.15, -0.1) is 11.3 Å². The van der Waals surface area contributed by atoms with Crippen LogP contribution >= 0.6 is 11.3 Å². The van der Waals surface area contributed by atoms with Crippen LogP contribution in [0.3, 0.4) is 0 Å². The molecule has 0 fully saturated rings. The van der Waals surface area contributed by atoms with Gasteiger partial charge < -0.3 is 0 Å². The van der Waals surface area contributed by atoms with Crippen molar-refractivity contribution in [3.05, 3.63) is 76.3 Å². The van der Waals surface area contributed by atoms with E-state index in [2.05, 4.69) is 4.72 Å². The van der Waals surface area contributed by atoms with Crippen LogP contribution in [-0.4, -0.2) is 31.6 Å². The number of sulfonamides is 1. The number of thiazole rings is 1. The van der Waals surface area contributed by atoms with E-state index in [1.54, 1.807) is 22.3 Å². The Bertz CT molecular complexity index is 1260. The Kier molecular flexibility index (Phi) is 7.55. The van der Waals surface area contributed by atoms with Gasteiger partial charge in [0.1, 0.15) is 0 Å². The maximum atomic E-state index is 13.2. The third-order valence-corrected chi connectivity index (χ3v) is 8.37. The van der Waals surface area contributed by atoms with Gasteiger partial charge >= 0.3 is 0 Å². The summed E-state index contributed by atoms with van der Waals surface area (Å²) in [5.74, 6) is -0.412. The van der Waals surface area contributed by atoms with Crippen LogP contribution < -0.4 is 9.62 Å². The van der Waals surface area contributed by atoms with Crippen LogP contribution in [0, 0.1) is 0 Å². The molecule has 0 spiro atoms. The van der Waals surface area contributed by atoms with Crippen LogP contribution in [0.15, 0.2) is 59.5 Å².